The van der Waals surface area contributed by atoms with Crippen LogP contribution in [0.1, 0.15) is 0 Å². The van der Waals surface area contributed by atoms with Crippen LogP contribution < -0.4 is 19.3 Å². The second-order valence-corrected chi connectivity index (χ2v) is 9.75. The summed E-state index contributed by atoms with van der Waals surface area (Å²) in [7, 11) is -3.77. The third kappa shape index (κ3) is 6.06. The number of rotatable bonds is 8. The zero-order chi connectivity index (χ0) is 24.0. The van der Waals surface area contributed by atoms with Gasteiger partial charge < -0.3 is 19.7 Å². The topological polar surface area (TPSA) is 88.2 Å². The first-order valence-corrected chi connectivity index (χ1v) is 12.8. The summed E-state index contributed by atoms with van der Waals surface area (Å²) in [6.07, 6.45) is 1.07. The number of ether oxygens (including phenoxy) is 2. The number of hydrogen-bond donors (Lipinski definition) is 1. The molecule has 9 heteroatoms. The summed E-state index contributed by atoms with van der Waals surface area (Å²) in [6, 6.07) is 23.3. The Kier molecular flexibility index (Phi) is 7.34. The molecule has 4 rings (SSSR count). The summed E-state index contributed by atoms with van der Waals surface area (Å²) < 4.78 is 37.6. The van der Waals surface area contributed by atoms with Crippen LogP contribution in [0.15, 0.2) is 78.9 Å². The maximum atomic E-state index is 12.8. The zero-order valence-corrected chi connectivity index (χ0v) is 19.7. The summed E-state index contributed by atoms with van der Waals surface area (Å²) in [5, 5.41) is 2.78. The molecule has 1 heterocycles. The van der Waals surface area contributed by atoms with Crippen LogP contribution in [-0.2, 0) is 19.6 Å². The molecule has 0 saturated carbocycles. The molecule has 34 heavy (non-hydrogen) atoms. The second-order valence-electron chi connectivity index (χ2n) is 7.85. The minimum absolute atomic E-state index is 0.284. The first-order chi connectivity index (χ1) is 16.4. The maximum absolute atomic E-state index is 12.8. The SMILES string of the molecule is CS(=O)(=O)N(CC(=O)Nc1ccc(N2CCOCC2)cc1)c1ccccc1Oc1ccccc1. The van der Waals surface area contributed by atoms with Gasteiger partial charge in [-0.15, -0.1) is 0 Å². The number of benzene rings is 3. The third-order valence-corrected chi connectivity index (χ3v) is 6.45. The minimum Gasteiger partial charge on any atom is -0.455 e. The number of hydrogen-bond acceptors (Lipinski definition) is 6. The van der Waals surface area contributed by atoms with Gasteiger partial charge in [0.25, 0.3) is 0 Å². The fourth-order valence-corrected chi connectivity index (χ4v) is 4.51. The Morgan fingerprint density at radius 3 is 2.29 bits per heavy atom. The molecule has 0 radical (unpaired) electrons. The Bertz CT molecular complexity index is 1210. The maximum Gasteiger partial charge on any atom is 0.245 e. The molecular formula is C25H27N3O5S. The van der Waals surface area contributed by atoms with Gasteiger partial charge in [0.1, 0.15) is 12.3 Å². The highest BCUT2D eigenvalue weighted by molar-refractivity contribution is 7.92. The van der Waals surface area contributed by atoms with Gasteiger partial charge in [-0.2, -0.15) is 0 Å². The van der Waals surface area contributed by atoms with Gasteiger partial charge in [0.15, 0.2) is 5.75 Å². The first-order valence-electron chi connectivity index (χ1n) is 10.9. The molecule has 1 saturated heterocycles. The molecule has 1 amide bonds. The van der Waals surface area contributed by atoms with Crippen molar-refractivity contribution < 1.29 is 22.7 Å². The van der Waals surface area contributed by atoms with E-state index in [0.717, 1.165) is 29.3 Å². The molecule has 1 N–H and O–H groups in total. The number of anilines is 3. The molecule has 1 aliphatic heterocycles. The largest absolute Gasteiger partial charge is 0.455 e. The van der Waals surface area contributed by atoms with Crippen molar-refractivity contribution in [2.45, 2.75) is 0 Å². The lowest BCUT2D eigenvalue weighted by molar-refractivity contribution is -0.114. The summed E-state index contributed by atoms with van der Waals surface area (Å²) in [5.74, 6) is 0.439. The average Bonchev–Trinajstić information content (AvgIpc) is 2.84. The van der Waals surface area contributed by atoms with E-state index in [-0.39, 0.29) is 12.2 Å². The van der Waals surface area contributed by atoms with E-state index in [9.17, 15) is 13.2 Å². The number of amides is 1. The zero-order valence-electron chi connectivity index (χ0n) is 18.9. The van der Waals surface area contributed by atoms with E-state index in [2.05, 4.69) is 10.2 Å². The highest BCUT2D eigenvalue weighted by Gasteiger charge is 2.24. The number of sulfonamides is 1. The number of carbonyl (C=O) groups excluding carboxylic acids is 1. The number of nitrogens with zero attached hydrogens (tertiary/aromatic N) is 2. The van der Waals surface area contributed by atoms with Gasteiger partial charge in [-0.1, -0.05) is 30.3 Å². The van der Waals surface area contributed by atoms with E-state index in [1.54, 1.807) is 48.5 Å². The van der Waals surface area contributed by atoms with Gasteiger partial charge in [0.05, 0.1) is 25.2 Å². The summed E-state index contributed by atoms with van der Waals surface area (Å²) >= 11 is 0. The molecule has 0 unspecified atom stereocenters. The standard InChI is InChI=1S/C25H27N3O5S/c1-34(30,31)28(23-9-5-6-10-24(23)33-22-7-3-2-4-8-22)19-25(29)26-20-11-13-21(14-12-20)27-15-17-32-18-16-27/h2-14H,15-19H2,1H3,(H,26,29). The molecular weight excluding hydrogens is 454 g/mol. The highest BCUT2D eigenvalue weighted by atomic mass is 32.2. The Balaban J connectivity index is 1.49. The van der Waals surface area contributed by atoms with Crippen LogP contribution in [0.4, 0.5) is 17.1 Å². The quantitative estimate of drug-likeness (QED) is 0.528. The monoisotopic (exact) mass is 481 g/mol. The molecule has 0 aliphatic carbocycles. The van der Waals surface area contributed by atoms with Crippen LogP contribution in [0.3, 0.4) is 0 Å². The van der Waals surface area contributed by atoms with Gasteiger partial charge in [0.2, 0.25) is 15.9 Å². The molecule has 3 aromatic carbocycles. The lowest BCUT2D eigenvalue weighted by atomic mass is 10.2. The lowest BCUT2D eigenvalue weighted by Crippen LogP contribution is -2.37. The first kappa shape index (κ1) is 23.6. The van der Waals surface area contributed by atoms with E-state index < -0.39 is 15.9 Å². The van der Waals surface area contributed by atoms with Crippen molar-refractivity contribution in [3.05, 3.63) is 78.9 Å². The van der Waals surface area contributed by atoms with E-state index in [4.69, 9.17) is 9.47 Å². The normalized spacial score (nSPS) is 13.9. The van der Waals surface area contributed by atoms with Crippen LogP contribution in [0.25, 0.3) is 0 Å². The molecule has 0 aromatic heterocycles. The number of nitrogens with one attached hydrogen (secondary N) is 1. The van der Waals surface area contributed by atoms with Crippen LogP contribution in [0.2, 0.25) is 0 Å². The van der Waals surface area contributed by atoms with Gasteiger partial charge in [-0.05, 0) is 48.5 Å². The molecule has 0 bridgehead atoms. The van der Waals surface area contributed by atoms with Crippen LogP contribution in [-0.4, -0.2) is 53.4 Å². The molecule has 0 atom stereocenters. The van der Waals surface area contributed by atoms with Crippen LogP contribution >= 0.6 is 0 Å². The molecule has 3 aromatic rings. The third-order valence-electron chi connectivity index (χ3n) is 5.32. The fourth-order valence-electron chi connectivity index (χ4n) is 3.65. The van der Waals surface area contributed by atoms with Gasteiger partial charge in [-0.25, -0.2) is 8.42 Å². The van der Waals surface area contributed by atoms with Crippen LogP contribution in [0, 0.1) is 0 Å². The van der Waals surface area contributed by atoms with E-state index >= 15 is 0 Å². The second kappa shape index (κ2) is 10.6. The van der Waals surface area contributed by atoms with Gasteiger partial charge in [-0.3, -0.25) is 9.10 Å². The molecule has 1 aliphatic rings. The summed E-state index contributed by atoms with van der Waals surface area (Å²) in [5.41, 5.74) is 1.92. The highest BCUT2D eigenvalue weighted by Crippen LogP contribution is 2.33. The van der Waals surface area contributed by atoms with Crippen molar-refractivity contribution >= 4 is 33.0 Å². The Morgan fingerprint density at radius 1 is 0.971 bits per heavy atom. The molecule has 178 valence electrons. The predicted molar refractivity (Wildman–Crippen MR) is 133 cm³/mol. The lowest BCUT2D eigenvalue weighted by Gasteiger charge is -2.29. The minimum atomic E-state index is -3.77. The van der Waals surface area contributed by atoms with Gasteiger partial charge in [0, 0.05) is 24.5 Å². The van der Waals surface area contributed by atoms with Crippen molar-refractivity contribution in [3.8, 4) is 11.5 Å². The Labute approximate surface area is 199 Å². The van der Waals surface area contributed by atoms with Crippen molar-refractivity contribution in [3.63, 3.8) is 0 Å². The van der Waals surface area contributed by atoms with Crippen molar-refractivity contribution in [2.24, 2.45) is 0 Å². The predicted octanol–water partition coefficient (Wildman–Crippen LogP) is 3.72. The number of carbonyl (C=O) groups is 1. The summed E-state index contributed by atoms with van der Waals surface area (Å²) in [6.45, 7) is 2.63. The average molecular weight is 482 g/mol. The summed E-state index contributed by atoms with van der Waals surface area (Å²) in [4.78, 5) is 15.0. The van der Waals surface area contributed by atoms with E-state index in [1.807, 2.05) is 30.3 Å². The Hall–Kier alpha value is -3.56. The van der Waals surface area contributed by atoms with Crippen molar-refractivity contribution in [1.29, 1.82) is 0 Å². The molecule has 1 fully saturated rings. The van der Waals surface area contributed by atoms with Crippen molar-refractivity contribution in [2.75, 3.05) is 53.6 Å². The smallest absolute Gasteiger partial charge is 0.245 e. The number of morpholine rings is 1. The molecule has 8 nitrogen and oxygen atoms in total. The fraction of sp³-hybridized carbons (Fsp3) is 0.240. The number of para-hydroxylation sites is 3. The van der Waals surface area contributed by atoms with Crippen LogP contribution in [0.5, 0.6) is 11.5 Å². The van der Waals surface area contributed by atoms with Crippen molar-refractivity contribution in [1.82, 2.24) is 0 Å². The Morgan fingerprint density at radius 2 is 1.62 bits per heavy atom. The van der Waals surface area contributed by atoms with Gasteiger partial charge >= 0.3 is 0 Å². The molecule has 0 spiro atoms. The van der Waals surface area contributed by atoms with E-state index in [0.29, 0.717) is 30.4 Å². The van der Waals surface area contributed by atoms with E-state index in [1.165, 1.54) is 0 Å².